The molecule has 1 N–H and O–H groups in total. The lowest BCUT2D eigenvalue weighted by atomic mass is 9.96. The molecular formula is C22H24N4O3. The number of aliphatic imine (C=N–C) groups is 1. The number of para-hydroxylation sites is 1. The van der Waals surface area contributed by atoms with E-state index in [0.717, 1.165) is 17.1 Å². The van der Waals surface area contributed by atoms with Crippen molar-refractivity contribution in [3.8, 4) is 11.8 Å². The first-order chi connectivity index (χ1) is 13.9. The smallest absolute Gasteiger partial charge is 0.218 e. The summed E-state index contributed by atoms with van der Waals surface area (Å²) in [6.07, 6.45) is 0.670. The van der Waals surface area contributed by atoms with Crippen LogP contribution in [0.5, 0.6) is 11.8 Å². The summed E-state index contributed by atoms with van der Waals surface area (Å²) in [5.41, 5.74) is 3.59. The molecular weight excluding hydrogens is 368 g/mol. The Morgan fingerprint density at radius 3 is 2.38 bits per heavy atom. The number of carbonyl (C=O) groups excluding carboxylic acids is 1. The second-order valence-electron chi connectivity index (χ2n) is 7.49. The van der Waals surface area contributed by atoms with Gasteiger partial charge in [0.1, 0.15) is 11.4 Å². The number of aromatic nitrogens is 1. The minimum Gasteiger partial charge on any atom is -0.481 e. The number of methoxy groups -OCH3 is 2. The molecule has 4 rings (SSSR count). The number of fused-ring (bicyclic) bond motifs is 1. The van der Waals surface area contributed by atoms with E-state index in [1.165, 1.54) is 5.56 Å². The first kappa shape index (κ1) is 19.0. The zero-order chi connectivity index (χ0) is 20.8. The van der Waals surface area contributed by atoms with Crippen LogP contribution >= 0.6 is 0 Å². The molecule has 1 aromatic heterocycles. The van der Waals surface area contributed by atoms with Crippen LogP contribution in [0.3, 0.4) is 0 Å². The molecule has 1 saturated heterocycles. The van der Waals surface area contributed by atoms with E-state index in [1.54, 1.807) is 33.4 Å². The summed E-state index contributed by atoms with van der Waals surface area (Å²) in [7, 11) is 4.80. The molecule has 29 heavy (non-hydrogen) atoms. The number of anilines is 2. The standard InChI is InChI=1S/C22H24N4O3/c1-22(2)20(27)19(16-10-13-8-6-7-9-15(13)24-16)21(23-3)26(22)14-11-17(28-4)25-18(12-14)29-5/h6-9,11-12,24H,10H2,1-5H3. The second kappa shape index (κ2) is 6.92. The van der Waals surface area contributed by atoms with E-state index in [4.69, 9.17) is 9.47 Å². The van der Waals surface area contributed by atoms with Gasteiger partial charge in [-0.25, -0.2) is 0 Å². The highest BCUT2D eigenvalue weighted by Crippen LogP contribution is 2.41. The Morgan fingerprint density at radius 2 is 1.79 bits per heavy atom. The summed E-state index contributed by atoms with van der Waals surface area (Å²) in [5.74, 6) is 1.45. The molecule has 0 amide bonds. The summed E-state index contributed by atoms with van der Waals surface area (Å²) in [6.45, 7) is 3.80. The van der Waals surface area contributed by atoms with Crippen LogP contribution in [0.1, 0.15) is 19.4 Å². The van der Waals surface area contributed by atoms with Crippen molar-refractivity contribution in [3.05, 3.63) is 53.2 Å². The average molecular weight is 392 g/mol. The lowest BCUT2D eigenvalue weighted by Crippen LogP contribution is -2.44. The lowest BCUT2D eigenvalue weighted by molar-refractivity contribution is -0.118. The Balaban J connectivity index is 1.86. The number of ketones is 1. The van der Waals surface area contributed by atoms with Crippen molar-refractivity contribution in [2.24, 2.45) is 4.99 Å². The molecule has 0 radical (unpaired) electrons. The van der Waals surface area contributed by atoms with Crippen LogP contribution in [0, 0.1) is 0 Å². The number of nitrogens with one attached hydrogen (secondary N) is 1. The van der Waals surface area contributed by atoms with E-state index in [9.17, 15) is 4.79 Å². The number of Topliss-reactive ketones (excluding diaryl/α,β-unsaturated/α-hetero) is 1. The zero-order valence-electron chi connectivity index (χ0n) is 17.2. The van der Waals surface area contributed by atoms with Crippen molar-refractivity contribution < 1.29 is 14.3 Å². The Kier molecular flexibility index (Phi) is 4.53. The van der Waals surface area contributed by atoms with Crippen molar-refractivity contribution in [1.82, 2.24) is 4.98 Å². The highest BCUT2D eigenvalue weighted by molar-refractivity contribution is 6.37. The second-order valence-corrected chi connectivity index (χ2v) is 7.49. The normalized spacial score (nSPS) is 21.3. The quantitative estimate of drug-likeness (QED) is 0.809. The van der Waals surface area contributed by atoms with E-state index in [2.05, 4.69) is 21.4 Å². The third kappa shape index (κ3) is 2.93. The number of nitrogens with zero attached hydrogens (tertiary/aromatic N) is 3. The van der Waals surface area contributed by atoms with E-state index in [-0.39, 0.29) is 5.78 Å². The number of rotatable bonds is 3. The molecule has 0 aliphatic carbocycles. The number of pyridine rings is 1. The topological polar surface area (TPSA) is 76.1 Å². The molecule has 0 unspecified atom stereocenters. The number of allylic oxidation sites excluding steroid dienone is 1. The summed E-state index contributed by atoms with van der Waals surface area (Å²) >= 11 is 0. The Bertz CT molecular complexity index is 1010. The number of amidine groups is 1. The predicted octanol–water partition coefficient (Wildman–Crippen LogP) is 3.22. The lowest BCUT2D eigenvalue weighted by Gasteiger charge is -2.31. The fourth-order valence-electron chi connectivity index (χ4n) is 3.96. The molecule has 0 bridgehead atoms. The van der Waals surface area contributed by atoms with Crippen LogP contribution in [0.15, 0.2) is 52.7 Å². The minimum atomic E-state index is -0.828. The number of benzene rings is 1. The van der Waals surface area contributed by atoms with Gasteiger partial charge in [-0.2, -0.15) is 4.98 Å². The van der Waals surface area contributed by atoms with Gasteiger partial charge in [-0.15, -0.1) is 0 Å². The monoisotopic (exact) mass is 392 g/mol. The van der Waals surface area contributed by atoms with Crippen molar-refractivity contribution in [1.29, 1.82) is 0 Å². The predicted molar refractivity (Wildman–Crippen MR) is 113 cm³/mol. The van der Waals surface area contributed by atoms with Crippen molar-refractivity contribution in [2.75, 3.05) is 31.5 Å². The number of ether oxygens (including phenoxy) is 2. The molecule has 0 saturated carbocycles. The molecule has 0 atom stereocenters. The van der Waals surface area contributed by atoms with E-state index < -0.39 is 5.54 Å². The van der Waals surface area contributed by atoms with Gasteiger partial charge in [-0.3, -0.25) is 9.79 Å². The number of carbonyl (C=O) groups is 1. The molecule has 2 aromatic rings. The maximum absolute atomic E-state index is 13.5. The Labute approximate surface area is 170 Å². The first-order valence-corrected chi connectivity index (χ1v) is 9.41. The van der Waals surface area contributed by atoms with E-state index in [1.807, 2.05) is 36.9 Å². The number of hydrogen-bond donors (Lipinski definition) is 1. The maximum Gasteiger partial charge on any atom is 0.218 e. The van der Waals surface area contributed by atoms with Crippen LogP contribution in [0.25, 0.3) is 0 Å². The summed E-state index contributed by atoms with van der Waals surface area (Å²) < 4.78 is 10.6. The molecule has 0 spiro atoms. The molecule has 1 fully saturated rings. The molecule has 1 aromatic carbocycles. The van der Waals surface area contributed by atoms with Crippen molar-refractivity contribution in [3.63, 3.8) is 0 Å². The molecule has 7 heteroatoms. The van der Waals surface area contributed by atoms with Gasteiger partial charge in [0, 0.05) is 37.0 Å². The molecule has 2 aliphatic rings. The zero-order valence-corrected chi connectivity index (χ0v) is 17.2. The van der Waals surface area contributed by atoms with E-state index >= 15 is 0 Å². The fourth-order valence-corrected chi connectivity index (χ4v) is 3.96. The van der Waals surface area contributed by atoms with Gasteiger partial charge in [0.05, 0.1) is 25.5 Å². The van der Waals surface area contributed by atoms with Crippen molar-refractivity contribution >= 4 is 23.0 Å². The highest BCUT2D eigenvalue weighted by Gasteiger charge is 2.50. The Morgan fingerprint density at radius 1 is 1.14 bits per heavy atom. The Hall–Kier alpha value is -3.35. The largest absolute Gasteiger partial charge is 0.481 e. The van der Waals surface area contributed by atoms with Gasteiger partial charge in [0.25, 0.3) is 0 Å². The van der Waals surface area contributed by atoms with Crippen LogP contribution < -0.4 is 19.7 Å². The van der Waals surface area contributed by atoms with E-state index in [0.29, 0.717) is 29.6 Å². The maximum atomic E-state index is 13.5. The van der Waals surface area contributed by atoms with Crippen LogP contribution in [-0.4, -0.2) is 43.4 Å². The van der Waals surface area contributed by atoms with Crippen LogP contribution in [-0.2, 0) is 11.2 Å². The van der Waals surface area contributed by atoms with Crippen LogP contribution in [0.2, 0.25) is 0 Å². The highest BCUT2D eigenvalue weighted by atomic mass is 16.5. The fraction of sp³-hybridized carbons (Fsp3) is 0.318. The third-order valence-corrected chi connectivity index (χ3v) is 5.40. The third-order valence-electron chi connectivity index (χ3n) is 5.40. The average Bonchev–Trinajstić information content (AvgIpc) is 3.23. The first-order valence-electron chi connectivity index (χ1n) is 9.41. The molecule has 3 heterocycles. The summed E-state index contributed by atoms with van der Waals surface area (Å²) in [4.78, 5) is 24.2. The van der Waals surface area contributed by atoms with Gasteiger partial charge in [-0.1, -0.05) is 18.2 Å². The van der Waals surface area contributed by atoms with Gasteiger partial charge in [0.15, 0.2) is 5.78 Å². The van der Waals surface area contributed by atoms with Gasteiger partial charge >= 0.3 is 0 Å². The van der Waals surface area contributed by atoms with Crippen molar-refractivity contribution in [2.45, 2.75) is 25.8 Å². The minimum absolute atomic E-state index is 0.0168. The van der Waals surface area contributed by atoms with Gasteiger partial charge in [0.2, 0.25) is 11.8 Å². The summed E-state index contributed by atoms with van der Waals surface area (Å²) in [5, 5.41) is 3.42. The number of hydrogen-bond acceptors (Lipinski definition) is 6. The SMILES string of the molecule is CN=C1C(=C2Cc3ccccc3N2)C(=O)C(C)(C)N1c1cc(OC)nc(OC)c1. The summed E-state index contributed by atoms with van der Waals surface area (Å²) in [6, 6.07) is 11.6. The molecule has 2 aliphatic heterocycles. The molecule has 150 valence electrons. The van der Waals surface area contributed by atoms with Gasteiger partial charge < -0.3 is 19.7 Å². The van der Waals surface area contributed by atoms with Gasteiger partial charge in [-0.05, 0) is 25.5 Å². The van der Waals surface area contributed by atoms with Crippen LogP contribution in [0.4, 0.5) is 11.4 Å². The molecule has 7 nitrogen and oxygen atoms in total.